The topological polar surface area (TPSA) is 37.3 Å². The van der Waals surface area contributed by atoms with Crippen LogP contribution in [0.1, 0.15) is 149 Å². The summed E-state index contributed by atoms with van der Waals surface area (Å²) in [5.41, 5.74) is 0. The molecular weight excluding hydrogens is 382 g/mol. The zero-order valence-corrected chi connectivity index (χ0v) is 21.8. The molecule has 0 aliphatic heterocycles. The molecule has 0 saturated heterocycles. The van der Waals surface area contributed by atoms with E-state index in [2.05, 4.69) is 20.8 Å². The fraction of sp³-hybridized carbons (Fsp3) is 0.964. The van der Waals surface area contributed by atoms with Crippen LogP contribution < -0.4 is 0 Å². The molecule has 0 aliphatic carbocycles. The fourth-order valence-corrected chi connectivity index (χ4v) is 4.82. The lowest BCUT2D eigenvalue weighted by atomic mass is 10.0. The third-order valence-electron chi connectivity index (χ3n) is 6.98. The maximum absolute atomic E-state index is 10.5. The van der Waals surface area contributed by atoms with Crippen LogP contribution >= 0.6 is 0 Å². The summed E-state index contributed by atoms with van der Waals surface area (Å²) in [4.78, 5) is 10.5. The van der Waals surface area contributed by atoms with Crippen LogP contribution in [0.25, 0.3) is 0 Å². The molecule has 0 aromatic rings. The molecule has 3 nitrogen and oxygen atoms in total. The third-order valence-corrected chi connectivity index (χ3v) is 6.98. The SMILES string of the molecule is CCCC[N+](CCCC)(CCCC)CCCCCCCCCCCCCCCC(=O)O. The average molecular weight is 441 g/mol. The second-order valence-corrected chi connectivity index (χ2v) is 10.0. The van der Waals surface area contributed by atoms with Crippen molar-refractivity contribution in [3.63, 3.8) is 0 Å². The van der Waals surface area contributed by atoms with Crippen LogP contribution in [0, 0.1) is 0 Å². The van der Waals surface area contributed by atoms with Gasteiger partial charge in [0.1, 0.15) is 0 Å². The van der Waals surface area contributed by atoms with Crippen molar-refractivity contribution in [2.24, 2.45) is 0 Å². The summed E-state index contributed by atoms with van der Waals surface area (Å²) < 4.78 is 1.41. The van der Waals surface area contributed by atoms with Gasteiger partial charge in [-0.25, -0.2) is 0 Å². The molecule has 0 bridgehead atoms. The lowest BCUT2D eigenvalue weighted by Crippen LogP contribution is -2.50. The van der Waals surface area contributed by atoms with Crippen molar-refractivity contribution in [3.05, 3.63) is 0 Å². The molecule has 3 heteroatoms. The first-order chi connectivity index (χ1) is 15.1. The van der Waals surface area contributed by atoms with E-state index >= 15 is 0 Å². The molecule has 0 spiro atoms. The van der Waals surface area contributed by atoms with E-state index in [9.17, 15) is 4.79 Å². The van der Waals surface area contributed by atoms with Crippen LogP contribution in [0.3, 0.4) is 0 Å². The van der Waals surface area contributed by atoms with E-state index in [-0.39, 0.29) is 0 Å². The van der Waals surface area contributed by atoms with Crippen molar-refractivity contribution in [1.29, 1.82) is 0 Å². The Bertz CT molecular complexity index is 361. The summed E-state index contributed by atoms with van der Waals surface area (Å²) >= 11 is 0. The first-order valence-electron chi connectivity index (χ1n) is 14.2. The lowest BCUT2D eigenvalue weighted by molar-refractivity contribution is -0.929. The maximum atomic E-state index is 10.5. The van der Waals surface area contributed by atoms with Gasteiger partial charge in [0.25, 0.3) is 0 Å². The Morgan fingerprint density at radius 2 is 0.774 bits per heavy atom. The summed E-state index contributed by atoms with van der Waals surface area (Å²) in [6.07, 6.45) is 25.6. The molecule has 0 aliphatic rings. The third kappa shape index (κ3) is 19.8. The molecule has 0 saturated carbocycles. The van der Waals surface area contributed by atoms with Crippen LogP contribution in [0.4, 0.5) is 0 Å². The smallest absolute Gasteiger partial charge is 0.303 e. The Hall–Kier alpha value is -0.570. The Balaban J connectivity index is 3.74. The van der Waals surface area contributed by atoms with Crippen molar-refractivity contribution in [3.8, 4) is 0 Å². The zero-order chi connectivity index (χ0) is 23.0. The van der Waals surface area contributed by atoms with Gasteiger partial charge >= 0.3 is 5.97 Å². The van der Waals surface area contributed by atoms with Crippen LogP contribution in [-0.4, -0.2) is 41.7 Å². The van der Waals surface area contributed by atoms with Gasteiger partial charge in [0.15, 0.2) is 0 Å². The van der Waals surface area contributed by atoms with Gasteiger partial charge in [-0.05, 0) is 38.5 Å². The van der Waals surface area contributed by atoms with E-state index < -0.39 is 5.97 Å². The van der Waals surface area contributed by atoms with E-state index in [1.54, 1.807) is 0 Å². The predicted octanol–water partition coefficient (Wildman–Crippen LogP) is 8.75. The highest BCUT2D eigenvalue weighted by Crippen LogP contribution is 2.18. The predicted molar refractivity (Wildman–Crippen MR) is 137 cm³/mol. The van der Waals surface area contributed by atoms with Gasteiger partial charge in [-0.1, -0.05) is 104 Å². The number of nitrogens with zero attached hydrogens (tertiary/aromatic N) is 1. The number of rotatable bonds is 25. The summed E-state index contributed by atoms with van der Waals surface area (Å²) in [6, 6.07) is 0. The van der Waals surface area contributed by atoms with Gasteiger partial charge in [0, 0.05) is 6.42 Å². The molecule has 0 atom stereocenters. The molecule has 31 heavy (non-hydrogen) atoms. The van der Waals surface area contributed by atoms with Gasteiger partial charge in [-0.15, -0.1) is 0 Å². The highest BCUT2D eigenvalue weighted by molar-refractivity contribution is 5.66. The second-order valence-electron chi connectivity index (χ2n) is 10.0. The average Bonchev–Trinajstić information content (AvgIpc) is 2.76. The van der Waals surface area contributed by atoms with Gasteiger partial charge in [0.2, 0.25) is 0 Å². The van der Waals surface area contributed by atoms with Gasteiger partial charge < -0.3 is 9.59 Å². The minimum atomic E-state index is -0.650. The summed E-state index contributed by atoms with van der Waals surface area (Å²) in [5, 5.41) is 8.63. The Labute approximate surface area is 196 Å². The molecule has 1 N–H and O–H groups in total. The number of unbranched alkanes of at least 4 members (excludes halogenated alkanes) is 15. The minimum Gasteiger partial charge on any atom is -0.481 e. The number of aliphatic carboxylic acids is 1. The summed E-state index contributed by atoms with van der Waals surface area (Å²) in [6.45, 7) is 12.7. The van der Waals surface area contributed by atoms with Crippen molar-refractivity contribution < 1.29 is 14.4 Å². The normalized spacial score (nSPS) is 11.8. The quantitative estimate of drug-likeness (QED) is 0.114. The number of hydrogen-bond acceptors (Lipinski definition) is 1. The number of carbonyl (C=O) groups is 1. The standard InChI is InChI=1S/C28H57NO2/c1-4-7-24-29(25-8-5-2,26-9-6-3)27-22-20-18-16-14-12-10-11-13-15-17-19-21-23-28(30)31/h4-27H2,1-3H3/p+1. The lowest BCUT2D eigenvalue weighted by Gasteiger charge is -2.39. The van der Waals surface area contributed by atoms with Crippen LogP contribution in [-0.2, 0) is 4.79 Å². The van der Waals surface area contributed by atoms with Crippen molar-refractivity contribution >= 4 is 5.97 Å². The molecule has 0 radical (unpaired) electrons. The maximum Gasteiger partial charge on any atom is 0.303 e. The molecule has 0 fully saturated rings. The zero-order valence-electron chi connectivity index (χ0n) is 21.8. The van der Waals surface area contributed by atoms with Crippen LogP contribution in [0.5, 0.6) is 0 Å². The monoisotopic (exact) mass is 440 g/mol. The van der Waals surface area contributed by atoms with Crippen molar-refractivity contribution in [2.75, 3.05) is 26.2 Å². The van der Waals surface area contributed by atoms with E-state index in [0.29, 0.717) is 6.42 Å². The summed E-state index contributed by atoms with van der Waals surface area (Å²) in [5.74, 6) is -0.650. The number of quaternary nitrogens is 1. The van der Waals surface area contributed by atoms with E-state index in [1.165, 1.54) is 140 Å². The van der Waals surface area contributed by atoms with Crippen molar-refractivity contribution in [2.45, 2.75) is 149 Å². The molecule has 0 aromatic heterocycles. The highest BCUT2D eigenvalue weighted by Gasteiger charge is 2.24. The summed E-state index contributed by atoms with van der Waals surface area (Å²) in [7, 11) is 0. The molecule has 0 aromatic carbocycles. The van der Waals surface area contributed by atoms with Crippen LogP contribution in [0.2, 0.25) is 0 Å². The van der Waals surface area contributed by atoms with Gasteiger partial charge in [0.05, 0.1) is 26.2 Å². The molecule has 0 heterocycles. The van der Waals surface area contributed by atoms with E-state index in [4.69, 9.17) is 5.11 Å². The Kier molecular flexibility index (Phi) is 22.2. The number of hydrogen-bond donors (Lipinski definition) is 1. The Morgan fingerprint density at radius 3 is 1.10 bits per heavy atom. The highest BCUT2D eigenvalue weighted by atomic mass is 16.4. The molecule has 0 amide bonds. The molecular formula is C28H58NO2+. The van der Waals surface area contributed by atoms with Crippen molar-refractivity contribution in [1.82, 2.24) is 0 Å². The largest absolute Gasteiger partial charge is 0.481 e. The number of carboxylic acid groups (broad SMARTS) is 1. The molecule has 0 unspecified atom stereocenters. The van der Waals surface area contributed by atoms with Gasteiger partial charge in [-0.2, -0.15) is 0 Å². The number of carboxylic acids is 1. The van der Waals surface area contributed by atoms with Crippen LogP contribution in [0.15, 0.2) is 0 Å². The van der Waals surface area contributed by atoms with E-state index in [1.807, 2.05) is 0 Å². The fourth-order valence-electron chi connectivity index (χ4n) is 4.82. The van der Waals surface area contributed by atoms with Gasteiger partial charge in [-0.3, -0.25) is 4.79 Å². The molecule has 186 valence electrons. The Morgan fingerprint density at radius 1 is 0.484 bits per heavy atom. The second kappa shape index (κ2) is 22.6. The first-order valence-corrected chi connectivity index (χ1v) is 14.2. The first kappa shape index (κ1) is 30.4. The van der Waals surface area contributed by atoms with E-state index in [0.717, 1.165) is 12.8 Å². The minimum absolute atomic E-state index is 0.343. The molecule has 0 rings (SSSR count).